The summed E-state index contributed by atoms with van der Waals surface area (Å²) in [6, 6.07) is 5.00. The van der Waals surface area contributed by atoms with Crippen LogP contribution in [0.15, 0.2) is 18.2 Å². The Bertz CT molecular complexity index is 538. The average molecular weight is 276 g/mol. The van der Waals surface area contributed by atoms with E-state index in [0.717, 1.165) is 13.0 Å². The molecule has 3 rings (SSSR count). The number of anilines is 1. The molecule has 2 amide bonds. The zero-order valence-electron chi connectivity index (χ0n) is 11.0. The molecule has 0 bridgehead atoms. The zero-order chi connectivity index (χ0) is 13.9. The van der Waals surface area contributed by atoms with Gasteiger partial charge in [0, 0.05) is 24.6 Å². The minimum Gasteiger partial charge on any atom is -0.482 e. The van der Waals surface area contributed by atoms with Crippen molar-refractivity contribution in [2.75, 3.05) is 31.7 Å². The molecule has 1 saturated heterocycles. The van der Waals surface area contributed by atoms with Crippen molar-refractivity contribution in [3.8, 4) is 5.75 Å². The van der Waals surface area contributed by atoms with E-state index < -0.39 is 0 Å². The molecule has 106 valence electrons. The number of nitrogens with one attached hydrogen (secondary N) is 2. The third kappa shape index (κ3) is 2.75. The van der Waals surface area contributed by atoms with Crippen LogP contribution in [-0.2, 0) is 9.53 Å². The molecular formula is C14H16N2O4. The van der Waals surface area contributed by atoms with Crippen molar-refractivity contribution in [2.45, 2.75) is 6.42 Å². The van der Waals surface area contributed by atoms with Crippen molar-refractivity contribution in [3.63, 3.8) is 0 Å². The SMILES string of the molecule is O=C1COc2cc(C(=O)NC[C@H]3CCOC3)ccc2N1. The summed E-state index contributed by atoms with van der Waals surface area (Å²) in [5, 5.41) is 5.59. The Morgan fingerprint density at radius 1 is 1.45 bits per heavy atom. The van der Waals surface area contributed by atoms with Gasteiger partial charge in [0.05, 0.1) is 12.3 Å². The van der Waals surface area contributed by atoms with Gasteiger partial charge in [0.1, 0.15) is 5.75 Å². The molecule has 2 aliphatic heterocycles. The second kappa shape index (κ2) is 5.50. The number of hydrogen-bond acceptors (Lipinski definition) is 4. The fourth-order valence-electron chi connectivity index (χ4n) is 2.30. The van der Waals surface area contributed by atoms with Gasteiger partial charge < -0.3 is 20.1 Å². The smallest absolute Gasteiger partial charge is 0.262 e. The van der Waals surface area contributed by atoms with Crippen LogP contribution in [0.1, 0.15) is 16.8 Å². The second-order valence-corrected chi connectivity index (χ2v) is 4.99. The normalized spacial score (nSPS) is 20.8. The molecule has 0 aliphatic carbocycles. The van der Waals surface area contributed by atoms with Crippen LogP contribution < -0.4 is 15.4 Å². The molecule has 6 heteroatoms. The quantitative estimate of drug-likeness (QED) is 0.855. The van der Waals surface area contributed by atoms with E-state index in [9.17, 15) is 9.59 Å². The molecular weight excluding hydrogens is 260 g/mol. The summed E-state index contributed by atoms with van der Waals surface area (Å²) in [5.74, 6) is 0.602. The molecule has 0 spiro atoms. The van der Waals surface area contributed by atoms with Crippen LogP contribution >= 0.6 is 0 Å². The highest BCUT2D eigenvalue weighted by atomic mass is 16.5. The van der Waals surface area contributed by atoms with Crippen LogP contribution in [0, 0.1) is 5.92 Å². The molecule has 2 aliphatic rings. The molecule has 2 heterocycles. The van der Waals surface area contributed by atoms with Gasteiger partial charge in [-0.25, -0.2) is 0 Å². The van der Waals surface area contributed by atoms with Gasteiger partial charge in [-0.1, -0.05) is 0 Å². The molecule has 0 saturated carbocycles. The predicted molar refractivity (Wildman–Crippen MR) is 71.8 cm³/mol. The van der Waals surface area contributed by atoms with Crippen molar-refractivity contribution in [2.24, 2.45) is 5.92 Å². The average Bonchev–Trinajstić information content (AvgIpc) is 2.97. The number of amides is 2. The van der Waals surface area contributed by atoms with Crippen molar-refractivity contribution < 1.29 is 19.1 Å². The number of ether oxygens (including phenoxy) is 2. The molecule has 0 radical (unpaired) electrons. The lowest BCUT2D eigenvalue weighted by Gasteiger charge is -2.18. The number of hydrogen-bond donors (Lipinski definition) is 2. The Labute approximate surface area is 116 Å². The highest BCUT2D eigenvalue weighted by molar-refractivity contribution is 5.98. The van der Waals surface area contributed by atoms with Crippen molar-refractivity contribution in [1.29, 1.82) is 0 Å². The lowest BCUT2D eigenvalue weighted by molar-refractivity contribution is -0.118. The summed E-state index contributed by atoms with van der Waals surface area (Å²) in [7, 11) is 0. The summed E-state index contributed by atoms with van der Waals surface area (Å²) in [5.41, 5.74) is 1.13. The Hall–Kier alpha value is -2.08. The summed E-state index contributed by atoms with van der Waals surface area (Å²) in [4.78, 5) is 23.2. The van der Waals surface area contributed by atoms with E-state index >= 15 is 0 Å². The number of fused-ring (bicyclic) bond motifs is 1. The molecule has 0 aromatic heterocycles. The largest absolute Gasteiger partial charge is 0.482 e. The molecule has 2 N–H and O–H groups in total. The molecule has 1 aromatic rings. The monoisotopic (exact) mass is 276 g/mol. The predicted octanol–water partition coefficient (Wildman–Crippen LogP) is 0.784. The number of carbonyl (C=O) groups excluding carboxylic acids is 2. The third-order valence-corrected chi connectivity index (χ3v) is 3.45. The summed E-state index contributed by atoms with van der Waals surface area (Å²) in [6.07, 6.45) is 0.986. The highest BCUT2D eigenvalue weighted by Gasteiger charge is 2.19. The summed E-state index contributed by atoms with van der Waals surface area (Å²) in [6.45, 7) is 2.08. The van der Waals surface area contributed by atoms with Crippen LogP contribution in [0.25, 0.3) is 0 Å². The molecule has 20 heavy (non-hydrogen) atoms. The molecule has 1 fully saturated rings. The lowest BCUT2D eigenvalue weighted by atomic mass is 10.1. The van der Waals surface area contributed by atoms with Crippen LogP contribution in [0.2, 0.25) is 0 Å². The lowest BCUT2D eigenvalue weighted by Crippen LogP contribution is -2.30. The van der Waals surface area contributed by atoms with Gasteiger partial charge in [0.15, 0.2) is 6.61 Å². The Morgan fingerprint density at radius 3 is 3.15 bits per heavy atom. The van der Waals surface area contributed by atoms with E-state index in [1.54, 1.807) is 18.2 Å². The van der Waals surface area contributed by atoms with Gasteiger partial charge in [0.25, 0.3) is 11.8 Å². The maximum Gasteiger partial charge on any atom is 0.262 e. The van der Waals surface area contributed by atoms with Gasteiger partial charge in [-0.2, -0.15) is 0 Å². The molecule has 1 atom stereocenters. The molecule has 0 unspecified atom stereocenters. The highest BCUT2D eigenvalue weighted by Crippen LogP contribution is 2.28. The van der Waals surface area contributed by atoms with Crippen LogP contribution in [0.3, 0.4) is 0 Å². The van der Waals surface area contributed by atoms with E-state index in [2.05, 4.69) is 10.6 Å². The fourth-order valence-corrected chi connectivity index (χ4v) is 2.30. The third-order valence-electron chi connectivity index (χ3n) is 3.45. The number of carbonyl (C=O) groups is 2. The topological polar surface area (TPSA) is 76.7 Å². The summed E-state index contributed by atoms with van der Waals surface area (Å²) < 4.78 is 10.6. The maximum atomic E-state index is 12.1. The van der Waals surface area contributed by atoms with Crippen molar-refractivity contribution >= 4 is 17.5 Å². The first-order valence-corrected chi connectivity index (χ1v) is 6.65. The Morgan fingerprint density at radius 2 is 2.35 bits per heavy atom. The summed E-state index contributed by atoms with van der Waals surface area (Å²) >= 11 is 0. The second-order valence-electron chi connectivity index (χ2n) is 4.99. The molecule has 1 aromatic carbocycles. The Kier molecular flexibility index (Phi) is 3.56. The van der Waals surface area contributed by atoms with Gasteiger partial charge in [-0.3, -0.25) is 9.59 Å². The first-order chi connectivity index (χ1) is 9.72. The van der Waals surface area contributed by atoms with E-state index in [1.165, 1.54) is 0 Å². The number of benzene rings is 1. The first-order valence-electron chi connectivity index (χ1n) is 6.65. The van der Waals surface area contributed by atoms with Gasteiger partial charge in [0.2, 0.25) is 0 Å². The van der Waals surface area contributed by atoms with E-state index in [1.807, 2.05) is 0 Å². The van der Waals surface area contributed by atoms with Crippen LogP contribution in [0.5, 0.6) is 5.75 Å². The van der Waals surface area contributed by atoms with Crippen LogP contribution in [-0.4, -0.2) is 38.2 Å². The first kappa shape index (κ1) is 12.9. The number of rotatable bonds is 3. The minimum absolute atomic E-state index is 0.0164. The van der Waals surface area contributed by atoms with E-state index in [-0.39, 0.29) is 18.4 Å². The Balaban J connectivity index is 1.64. The zero-order valence-corrected chi connectivity index (χ0v) is 11.0. The van der Waals surface area contributed by atoms with Gasteiger partial charge >= 0.3 is 0 Å². The van der Waals surface area contributed by atoms with Crippen molar-refractivity contribution in [1.82, 2.24) is 5.32 Å². The maximum absolute atomic E-state index is 12.1. The van der Waals surface area contributed by atoms with Crippen LogP contribution in [0.4, 0.5) is 5.69 Å². The fraction of sp³-hybridized carbons (Fsp3) is 0.429. The standard InChI is InChI=1S/C14H16N2O4/c17-13-8-20-12-5-10(1-2-11(12)16-13)14(18)15-6-9-3-4-19-7-9/h1-2,5,9H,3-4,6-8H2,(H,15,18)(H,16,17)/t9-/m1/s1. The van der Waals surface area contributed by atoms with E-state index in [4.69, 9.17) is 9.47 Å². The van der Waals surface area contributed by atoms with Crippen molar-refractivity contribution in [3.05, 3.63) is 23.8 Å². The molecule has 6 nitrogen and oxygen atoms in total. The van der Waals surface area contributed by atoms with Gasteiger partial charge in [-0.15, -0.1) is 0 Å². The minimum atomic E-state index is -0.184. The van der Waals surface area contributed by atoms with E-state index in [0.29, 0.717) is 36.1 Å². The van der Waals surface area contributed by atoms with Gasteiger partial charge in [-0.05, 0) is 24.6 Å².